The van der Waals surface area contributed by atoms with Gasteiger partial charge in [-0.1, -0.05) is 13.2 Å². The molecule has 0 aromatic heterocycles. The molecule has 8 nitrogen and oxygen atoms in total. The highest BCUT2D eigenvalue weighted by Crippen LogP contribution is 2.01. The van der Waals surface area contributed by atoms with Crippen LogP contribution in [0, 0.1) is 0 Å². The van der Waals surface area contributed by atoms with Gasteiger partial charge in [-0.3, -0.25) is 19.4 Å². The fourth-order valence-electron chi connectivity index (χ4n) is 1.85. The van der Waals surface area contributed by atoms with Gasteiger partial charge < -0.3 is 20.4 Å². The molecule has 8 heteroatoms. The van der Waals surface area contributed by atoms with E-state index in [-0.39, 0.29) is 50.5 Å². The fourth-order valence-corrected chi connectivity index (χ4v) is 1.85. The van der Waals surface area contributed by atoms with E-state index < -0.39 is 11.9 Å². The van der Waals surface area contributed by atoms with E-state index in [9.17, 15) is 19.8 Å². The molecule has 0 unspecified atom stereocenters. The van der Waals surface area contributed by atoms with E-state index in [2.05, 4.69) is 13.2 Å². The molecule has 0 saturated carbocycles. The van der Waals surface area contributed by atoms with E-state index in [0.29, 0.717) is 13.1 Å². The highest BCUT2D eigenvalue weighted by Gasteiger charge is 2.13. The van der Waals surface area contributed by atoms with Crippen LogP contribution >= 0.6 is 0 Å². The highest BCUT2D eigenvalue weighted by molar-refractivity contribution is 5.67. The summed E-state index contributed by atoms with van der Waals surface area (Å²) in [4.78, 5) is 24.6. The van der Waals surface area contributed by atoms with E-state index >= 15 is 0 Å². The summed E-state index contributed by atoms with van der Waals surface area (Å²) < 4.78 is 0. The first-order chi connectivity index (χ1) is 10.2. The minimum atomic E-state index is -0.944. The highest BCUT2D eigenvalue weighted by atomic mass is 16.4. The van der Waals surface area contributed by atoms with E-state index in [1.165, 1.54) is 0 Å². The van der Waals surface area contributed by atoms with Gasteiger partial charge in [-0.2, -0.15) is 0 Å². The first-order valence-electron chi connectivity index (χ1n) is 6.82. The van der Waals surface area contributed by atoms with Crippen molar-refractivity contribution in [2.24, 2.45) is 0 Å². The van der Waals surface area contributed by atoms with Crippen molar-refractivity contribution in [1.29, 1.82) is 0 Å². The van der Waals surface area contributed by atoms with Crippen LogP contribution < -0.4 is 0 Å². The summed E-state index contributed by atoms with van der Waals surface area (Å²) in [5.41, 5.74) is 0. The molecular weight excluding hydrogens is 292 g/mol. The van der Waals surface area contributed by atoms with Crippen molar-refractivity contribution in [3.05, 3.63) is 24.7 Å². The molecule has 4 N–H and O–H groups in total. The minimum absolute atomic E-state index is 0.0743. The Morgan fingerprint density at radius 3 is 1.23 bits per heavy atom. The summed E-state index contributed by atoms with van der Waals surface area (Å²) in [6.07, 6.45) is -0.149. The topological polar surface area (TPSA) is 122 Å². The van der Waals surface area contributed by atoms with Crippen molar-refractivity contribution >= 4 is 11.9 Å². The van der Waals surface area contributed by atoms with Crippen LogP contribution in [0.2, 0.25) is 0 Å². The van der Waals surface area contributed by atoms with Crippen LogP contribution in [0.1, 0.15) is 12.8 Å². The monoisotopic (exact) mass is 316 g/mol. The molecule has 0 aromatic rings. The standard InChI is InChI=1S/C14H24N2O6/c1-11(17)9-15(5-3-13(19)20)7-8-16(10-12(2)18)6-4-14(21)22/h17-18H,1-10H2,(H,19,20)(H,21,22). The Balaban J connectivity index is 4.49. The molecule has 22 heavy (non-hydrogen) atoms. The molecule has 0 aliphatic rings. The average molecular weight is 316 g/mol. The first-order valence-corrected chi connectivity index (χ1v) is 6.82. The van der Waals surface area contributed by atoms with Crippen LogP contribution in [0.5, 0.6) is 0 Å². The lowest BCUT2D eigenvalue weighted by Crippen LogP contribution is -2.38. The third kappa shape index (κ3) is 11.7. The van der Waals surface area contributed by atoms with Crippen molar-refractivity contribution in [2.75, 3.05) is 39.3 Å². The number of rotatable bonds is 13. The van der Waals surface area contributed by atoms with Gasteiger partial charge >= 0.3 is 11.9 Å². The number of nitrogens with zero attached hydrogens (tertiary/aromatic N) is 2. The molecule has 0 heterocycles. The molecular formula is C14H24N2O6. The molecule has 0 fully saturated rings. The van der Waals surface area contributed by atoms with Crippen LogP contribution in [0.25, 0.3) is 0 Å². The van der Waals surface area contributed by atoms with Gasteiger partial charge in [-0.05, 0) is 0 Å². The van der Waals surface area contributed by atoms with Crippen molar-refractivity contribution in [3.8, 4) is 0 Å². The van der Waals surface area contributed by atoms with Gasteiger partial charge in [0.1, 0.15) is 0 Å². The van der Waals surface area contributed by atoms with Crippen molar-refractivity contribution < 1.29 is 30.0 Å². The zero-order chi connectivity index (χ0) is 17.1. The molecule has 0 aromatic carbocycles. The molecule has 0 saturated heterocycles. The summed E-state index contributed by atoms with van der Waals surface area (Å²) in [6, 6.07) is 0. The Hall–Kier alpha value is -2.06. The van der Waals surface area contributed by atoms with E-state index in [0.717, 1.165) is 0 Å². The Morgan fingerprint density at radius 1 is 0.682 bits per heavy atom. The second kappa shape index (κ2) is 10.6. The summed E-state index contributed by atoms with van der Waals surface area (Å²) in [7, 11) is 0. The van der Waals surface area contributed by atoms with Crippen LogP contribution in [-0.2, 0) is 9.59 Å². The number of carboxylic acids is 2. The second-order valence-electron chi connectivity index (χ2n) is 4.97. The van der Waals surface area contributed by atoms with E-state index in [1.54, 1.807) is 9.80 Å². The lowest BCUT2D eigenvalue weighted by Gasteiger charge is -2.26. The third-order valence-electron chi connectivity index (χ3n) is 2.83. The Bertz CT molecular complexity index is 372. The summed E-state index contributed by atoms with van der Waals surface area (Å²) in [5.74, 6) is -2.04. The maximum absolute atomic E-state index is 10.6. The lowest BCUT2D eigenvalue weighted by molar-refractivity contribution is -0.138. The largest absolute Gasteiger partial charge is 0.512 e. The van der Waals surface area contributed by atoms with E-state index in [4.69, 9.17) is 10.2 Å². The number of hydrogen-bond donors (Lipinski definition) is 4. The number of hydrogen-bond acceptors (Lipinski definition) is 6. The fraction of sp³-hybridized carbons (Fsp3) is 0.571. The minimum Gasteiger partial charge on any atom is -0.512 e. The maximum atomic E-state index is 10.6. The summed E-state index contributed by atoms with van der Waals surface area (Å²) >= 11 is 0. The van der Waals surface area contributed by atoms with Crippen molar-refractivity contribution in [1.82, 2.24) is 9.80 Å². The molecule has 0 bridgehead atoms. The van der Waals surface area contributed by atoms with E-state index in [1.807, 2.05) is 0 Å². The smallest absolute Gasteiger partial charge is 0.304 e. The lowest BCUT2D eigenvalue weighted by atomic mass is 10.3. The predicted molar refractivity (Wildman–Crippen MR) is 80.9 cm³/mol. The molecule has 0 rings (SSSR count). The molecule has 0 spiro atoms. The van der Waals surface area contributed by atoms with Crippen LogP contribution in [-0.4, -0.2) is 81.4 Å². The SMILES string of the molecule is C=C(O)CN(CCC(=O)O)CCN(CCC(=O)O)CC(=C)O. The number of aliphatic hydroxyl groups is 2. The Kier molecular flexibility index (Phi) is 9.64. The third-order valence-corrected chi connectivity index (χ3v) is 2.83. The number of aliphatic carboxylic acids is 2. The van der Waals surface area contributed by atoms with Gasteiger partial charge in [0.25, 0.3) is 0 Å². The van der Waals surface area contributed by atoms with Gasteiger partial charge in [0.05, 0.1) is 37.4 Å². The molecule has 0 aliphatic carbocycles. The van der Waals surface area contributed by atoms with Gasteiger partial charge in [-0.15, -0.1) is 0 Å². The Labute approximate surface area is 129 Å². The molecule has 0 aliphatic heterocycles. The molecule has 0 radical (unpaired) electrons. The van der Waals surface area contributed by atoms with Gasteiger partial charge in [0.15, 0.2) is 0 Å². The second-order valence-corrected chi connectivity index (χ2v) is 4.97. The number of carbonyl (C=O) groups is 2. The molecule has 0 amide bonds. The quantitative estimate of drug-likeness (QED) is 0.366. The van der Waals surface area contributed by atoms with Gasteiger partial charge in [0.2, 0.25) is 0 Å². The number of carboxylic acid groups (broad SMARTS) is 2. The van der Waals surface area contributed by atoms with Gasteiger partial charge in [0, 0.05) is 26.2 Å². The van der Waals surface area contributed by atoms with Crippen LogP contribution in [0.3, 0.4) is 0 Å². The maximum Gasteiger partial charge on any atom is 0.304 e. The zero-order valence-corrected chi connectivity index (χ0v) is 12.6. The zero-order valence-electron chi connectivity index (χ0n) is 12.6. The van der Waals surface area contributed by atoms with Crippen molar-refractivity contribution in [2.45, 2.75) is 12.8 Å². The number of aliphatic hydroxyl groups excluding tert-OH is 2. The molecule has 126 valence electrons. The summed E-state index contributed by atoms with van der Waals surface area (Å²) in [5, 5.41) is 35.9. The predicted octanol–water partition coefficient (Wildman–Crippen LogP) is 0.683. The van der Waals surface area contributed by atoms with Gasteiger partial charge in [-0.25, -0.2) is 0 Å². The van der Waals surface area contributed by atoms with Crippen molar-refractivity contribution in [3.63, 3.8) is 0 Å². The van der Waals surface area contributed by atoms with Crippen LogP contribution in [0.4, 0.5) is 0 Å². The Morgan fingerprint density at radius 2 is 1.00 bits per heavy atom. The molecule has 0 atom stereocenters. The normalized spacial score (nSPS) is 10.8. The summed E-state index contributed by atoms with van der Waals surface area (Å²) in [6.45, 7) is 8.31. The first kappa shape index (κ1) is 19.9. The average Bonchev–Trinajstić information content (AvgIpc) is 2.37. The van der Waals surface area contributed by atoms with Crippen LogP contribution in [0.15, 0.2) is 24.7 Å².